The van der Waals surface area contributed by atoms with E-state index in [1.165, 1.54) is 0 Å². The van der Waals surface area contributed by atoms with Crippen LogP contribution in [0.15, 0.2) is 84.9 Å². The van der Waals surface area contributed by atoms with E-state index in [1.807, 2.05) is 72.8 Å². The Kier molecular flexibility index (Phi) is 11.1. The van der Waals surface area contributed by atoms with E-state index in [1.54, 1.807) is 16.7 Å². The van der Waals surface area contributed by atoms with E-state index >= 15 is 0 Å². The lowest BCUT2D eigenvalue weighted by molar-refractivity contribution is 0.757. The summed E-state index contributed by atoms with van der Waals surface area (Å²) < 4.78 is 1.77. The zero-order valence-corrected chi connectivity index (χ0v) is 34.9. The van der Waals surface area contributed by atoms with Crippen molar-refractivity contribution < 1.29 is 0 Å². The van der Waals surface area contributed by atoms with Gasteiger partial charge in [0.05, 0.1) is 50.3 Å². The first-order valence-electron chi connectivity index (χ1n) is 19.9. The molecule has 258 valence electrons. The molecule has 20 heteroatoms. The third-order valence-corrected chi connectivity index (χ3v) is 12.5. The van der Waals surface area contributed by atoms with Gasteiger partial charge in [-0.25, -0.2) is 4.98 Å². The van der Waals surface area contributed by atoms with Crippen molar-refractivity contribution in [2.24, 2.45) is 0 Å². The second-order valence-electron chi connectivity index (χ2n) is 16.4. The minimum absolute atomic E-state index is 0.0639. The van der Waals surface area contributed by atoms with Crippen molar-refractivity contribution in [2.75, 3.05) is 0 Å². The Morgan fingerprint density at radius 2 is 0.754 bits per heavy atom. The van der Waals surface area contributed by atoms with Gasteiger partial charge in [0.2, 0.25) is 0 Å². The van der Waals surface area contributed by atoms with Gasteiger partial charge in [0.25, 0.3) is 0 Å². The number of fused-ring (bicyclic) bond motifs is 4. The third kappa shape index (κ3) is 6.76. The van der Waals surface area contributed by atoms with Crippen LogP contribution in [-0.2, 0) is 5.21 Å². The summed E-state index contributed by atoms with van der Waals surface area (Å²) in [6.45, 7) is 0. The Bertz CT molecular complexity index is 3430. The molecular weight excluding hydrogens is 763 g/mol. The summed E-state index contributed by atoms with van der Waals surface area (Å²) in [6, 6.07) is 26.1. The minimum Gasteiger partial charge on any atom is -0.297 e. The fourth-order valence-corrected chi connectivity index (χ4v) is 8.77. The molecular formula is C45H14B18N2. The molecule has 1 aromatic heterocycles. The monoisotopic (exact) mass is 780 g/mol. The Labute approximate surface area is 402 Å². The number of hydrogen-bond acceptors (Lipinski definition) is 1. The lowest BCUT2D eigenvalue weighted by Gasteiger charge is -2.41. The fraction of sp³-hybridized carbons (Fsp3) is 0.0444. The molecule has 0 spiro atoms. The van der Waals surface area contributed by atoms with E-state index in [4.69, 9.17) is 146 Å². The van der Waals surface area contributed by atoms with Crippen LogP contribution in [0.25, 0.3) is 82.4 Å². The SMILES string of the molecule is [B]c1c([B])c([B])c(-c2ccc(-c3c4c([B])c([B])c([B])c([B])c4c(-c4ccc5cc(-n6c(C([B])([B])C([B])([B])[B])nc7ccccc76)ccc5c4)c4c([B])c([B])c([B])c([B])c34)cc2)c([B])c1[B]. The van der Waals surface area contributed by atoms with E-state index in [0.29, 0.717) is 71.6 Å². The van der Waals surface area contributed by atoms with Crippen LogP contribution in [0.3, 0.4) is 0 Å². The highest BCUT2D eigenvalue weighted by atomic mass is 15.1. The summed E-state index contributed by atoms with van der Waals surface area (Å²) >= 11 is 0. The van der Waals surface area contributed by atoms with Gasteiger partial charge < -0.3 is 0 Å². The first-order chi connectivity index (χ1) is 30.6. The van der Waals surface area contributed by atoms with Crippen LogP contribution in [0.2, 0.25) is 5.11 Å². The zero-order chi connectivity index (χ0) is 46.9. The van der Waals surface area contributed by atoms with E-state index in [-0.39, 0.29) is 76.8 Å². The predicted molar refractivity (Wildman–Crippen MR) is 293 cm³/mol. The summed E-state index contributed by atoms with van der Waals surface area (Å²) in [5.41, 5.74) is 6.67. The molecule has 0 saturated carbocycles. The van der Waals surface area contributed by atoms with Crippen molar-refractivity contribution in [3.63, 3.8) is 0 Å². The topological polar surface area (TPSA) is 17.8 Å². The predicted octanol–water partition coefficient (Wildman–Crippen LogP) is -6.13. The Morgan fingerprint density at radius 3 is 1.25 bits per heavy atom. The zero-order valence-electron chi connectivity index (χ0n) is 34.9. The van der Waals surface area contributed by atoms with Crippen LogP contribution in [0.4, 0.5) is 0 Å². The standard InChI is InChI=1S/C45H14B18N2/c46-30-25(31(47)37(53)42(58)36(30)52)16-7-5-15(6-8-16)23-26-28(34(50)40(56)38(54)32(26)48)24(29-27(23)33(49)39(55)41(57)35(29)51)19-10-9-18-14-20(12-11-17(18)13-19)65-22-4-2-1-3-21(22)64-43(65)44(59,60)45(61,62)63/h1-14H. The van der Waals surface area contributed by atoms with Crippen LogP contribution in [0.1, 0.15) is 5.82 Å². The maximum absolute atomic E-state index is 7.00. The van der Waals surface area contributed by atoms with Crippen LogP contribution < -0.4 is 71.0 Å². The van der Waals surface area contributed by atoms with Gasteiger partial charge in [0.1, 0.15) is 108 Å². The average molecular weight is 777 g/mol. The first kappa shape index (κ1) is 45.3. The van der Waals surface area contributed by atoms with Crippen molar-refractivity contribution in [3.8, 4) is 39.1 Å². The van der Waals surface area contributed by atoms with Gasteiger partial charge in [-0.15, -0.1) is 43.4 Å². The summed E-state index contributed by atoms with van der Waals surface area (Å²) in [4.78, 5) is 4.71. The van der Waals surface area contributed by atoms with E-state index in [2.05, 4.69) is 0 Å². The summed E-state index contributed by atoms with van der Waals surface area (Å²) in [5.74, 6) is 0.151. The normalized spacial score (nSPS) is 12.2. The van der Waals surface area contributed by atoms with Crippen molar-refractivity contribution in [2.45, 2.75) is 10.3 Å². The van der Waals surface area contributed by atoms with Gasteiger partial charge in [-0.05, 0) is 96.0 Å². The molecule has 0 bridgehead atoms. The fourth-order valence-electron chi connectivity index (χ4n) is 8.77. The van der Waals surface area contributed by atoms with Crippen LogP contribution in [-0.4, -0.2) is 151 Å². The minimum atomic E-state index is -2.04. The van der Waals surface area contributed by atoms with E-state index in [0.717, 1.165) is 10.8 Å². The molecule has 2 nitrogen and oxygen atoms in total. The highest BCUT2D eigenvalue weighted by molar-refractivity contribution is 6.72. The number of rotatable bonds is 6. The molecule has 9 aromatic rings. The molecule has 8 aromatic carbocycles. The Morgan fingerprint density at radius 1 is 0.369 bits per heavy atom. The first-order valence-corrected chi connectivity index (χ1v) is 19.9. The van der Waals surface area contributed by atoms with Gasteiger partial charge in [0, 0.05) is 5.69 Å². The van der Waals surface area contributed by atoms with E-state index < -0.39 is 10.3 Å². The molecule has 0 N–H and O–H groups in total. The van der Waals surface area contributed by atoms with Crippen LogP contribution in [0, 0.1) is 0 Å². The van der Waals surface area contributed by atoms with Gasteiger partial charge in [-0.1, -0.05) is 92.6 Å². The highest BCUT2D eigenvalue weighted by Gasteiger charge is 2.37. The molecule has 0 aliphatic rings. The molecule has 65 heavy (non-hydrogen) atoms. The maximum atomic E-state index is 7.00. The molecule has 0 unspecified atom stereocenters. The molecule has 0 aliphatic carbocycles. The number of hydrogen-bond donors (Lipinski definition) is 0. The smallest absolute Gasteiger partial charge is 0.113 e. The van der Waals surface area contributed by atoms with Gasteiger partial charge in [0.15, 0.2) is 0 Å². The van der Waals surface area contributed by atoms with E-state index in [9.17, 15) is 0 Å². The number of aromatic nitrogens is 2. The lowest BCUT2D eigenvalue weighted by atomic mass is 9.23. The Hall–Kier alpha value is -4.82. The van der Waals surface area contributed by atoms with Crippen molar-refractivity contribution in [1.29, 1.82) is 0 Å². The number of para-hydroxylation sites is 2. The second-order valence-corrected chi connectivity index (χ2v) is 16.4. The number of imidazole rings is 1. The van der Waals surface area contributed by atoms with Crippen LogP contribution in [0.5, 0.6) is 0 Å². The average Bonchev–Trinajstić information content (AvgIpc) is 3.69. The molecule has 0 aliphatic heterocycles. The molecule has 9 rings (SSSR count). The quantitative estimate of drug-likeness (QED) is 0.122. The summed E-state index contributed by atoms with van der Waals surface area (Å²) in [5, 5.41) is -0.666. The van der Waals surface area contributed by atoms with Gasteiger partial charge >= 0.3 is 0 Å². The van der Waals surface area contributed by atoms with Gasteiger partial charge in [-0.2, -0.15) is 0 Å². The molecule has 0 saturated heterocycles. The Balaban J connectivity index is 1.33. The van der Waals surface area contributed by atoms with Crippen LogP contribution >= 0.6 is 0 Å². The maximum Gasteiger partial charge on any atom is 0.113 e. The summed E-state index contributed by atoms with van der Waals surface area (Å²) in [7, 11) is 117. The molecule has 0 amide bonds. The third-order valence-electron chi connectivity index (χ3n) is 12.5. The lowest BCUT2D eigenvalue weighted by Crippen LogP contribution is -2.55. The summed E-state index contributed by atoms with van der Waals surface area (Å²) in [6.07, 6.45) is 0. The second kappa shape index (κ2) is 15.9. The molecule has 0 atom stereocenters. The van der Waals surface area contributed by atoms with Crippen molar-refractivity contribution in [3.05, 3.63) is 90.8 Å². The molecule has 1 heterocycles. The van der Waals surface area contributed by atoms with Crippen molar-refractivity contribution >= 4 is 256 Å². The van der Waals surface area contributed by atoms with Gasteiger partial charge in [-0.3, -0.25) is 4.57 Å². The largest absolute Gasteiger partial charge is 0.297 e. The highest BCUT2D eigenvalue weighted by Crippen LogP contribution is 2.42. The molecule has 36 radical (unpaired) electrons. The number of benzene rings is 8. The number of nitrogens with zero attached hydrogens (tertiary/aromatic N) is 2. The van der Waals surface area contributed by atoms with Crippen molar-refractivity contribution in [1.82, 2.24) is 9.55 Å². The molecule has 0 fully saturated rings.